The number of amides is 1. The summed E-state index contributed by atoms with van der Waals surface area (Å²) in [6.07, 6.45) is 0.833. The molecular weight excluding hydrogens is 316 g/mol. The van der Waals surface area contributed by atoms with Crippen LogP contribution >= 0.6 is 28.3 Å². The maximum atomic E-state index is 11.7. The van der Waals surface area contributed by atoms with Crippen LogP contribution in [0.25, 0.3) is 0 Å². The molecule has 0 radical (unpaired) electrons. The first-order valence-electron chi connectivity index (χ1n) is 5.68. The number of rotatable bonds is 5. The van der Waals surface area contributed by atoms with E-state index in [0.717, 1.165) is 10.9 Å². The average molecular weight is 336 g/mol. The lowest BCUT2D eigenvalue weighted by Crippen LogP contribution is -2.42. The molecule has 0 saturated heterocycles. The molecule has 3 N–H and O–H groups in total. The van der Waals surface area contributed by atoms with Crippen molar-refractivity contribution in [3.63, 3.8) is 0 Å². The van der Waals surface area contributed by atoms with Gasteiger partial charge in [0.25, 0.3) is 0 Å². The molecule has 1 aromatic rings. The van der Waals surface area contributed by atoms with Gasteiger partial charge in [0, 0.05) is 17.6 Å². The molecule has 0 bridgehead atoms. The predicted octanol–water partition coefficient (Wildman–Crippen LogP) is 2.51. The van der Waals surface area contributed by atoms with Gasteiger partial charge in [0.2, 0.25) is 5.91 Å². The molecule has 1 aromatic carbocycles. The third kappa shape index (κ3) is 5.38. The van der Waals surface area contributed by atoms with Gasteiger partial charge in [0.05, 0.1) is 5.41 Å². The first-order chi connectivity index (χ1) is 7.95. The minimum absolute atomic E-state index is 0. The highest BCUT2D eigenvalue weighted by Gasteiger charge is 2.24. The second kappa shape index (κ2) is 7.77. The van der Waals surface area contributed by atoms with Gasteiger partial charge in [-0.25, -0.2) is 0 Å². The van der Waals surface area contributed by atoms with Crippen LogP contribution < -0.4 is 11.1 Å². The zero-order chi connectivity index (χ0) is 12.9. The van der Waals surface area contributed by atoms with Crippen molar-refractivity contribution >= 4 is 34.2 Å². The number of carbonyl (C=O) groups is 1. The first-order valence-corrected chi connectivity index (χ1v) is 6.48. The van der Waals surface area contributed by atoms with E-state index in [0.29, 0.717) is 13.1 Å². The maximum Gasteiger partial charge on any atom is 0.226 e. The highest BCUT2D eigenvalue weighted by Crippen LogP contribution is 2.13. The van der Waals surface area contributed by atoms with Crippen LogP contribution in [0.1, 0.15) is 19.4 Å². The predicted molar refractivity (Wildman–Crippen MR) is 80.9 cm³/mol. The fourth-order valence-electron chi connectivity index (χ4n) is 1.30. The molecule has 1 amide bonds. The molecule has 0 aliphatic carbocycles. The van der Waals surface area contributed by atoms with E-state index in [1.807, 2.05) is 38.1 Å². The summed E-state index contributed by atoms with van der Waals surface area (Å²) in [6, 6.07) is 8.09. The largest absolute Gasteiger partial charge is 0.355 e. The fraction of sp³-hybridized carbons (Fsp3) is 0.462. The molecule has 5 heteroatoms. The summed E-state index contributed by atoms with van der Waals surface area (Å²) in [6.45, 7) is 4.70. The molecule has 0 fully saturated rings. The van der Waals surface area contributed by atoms with Gasteiger partial charge in [-0.2, -0.15) is 0 Å². The Morgan fingerprint density at radius 3 is 2.39 bits per heavy atom. The van der Waals surface area contributed by atoms with Crippen molar-refractivity contribution < 1.29 is 4.79 Å². The molecule has 0 unspecified atom stereocenters. The van der Waals surface area contributed by atoms with Crippen LogP contribution in [-0.4, -0.2) is 19.0 Å². The zero-order valence-electron chi connectivity index (χ0n) is 10.7. The Labute approximate surface area is 123 Å². The van der Waals surface area contributed by atoms with E-state index >= 15 is 0 Å². The summed E-state index contributed by atoms with van der Waals surface area (Å²) in [5.74, 6) is 0.0112. The topological polar surface area (TPSA) is 55.1 Å². The Balaban J connectivity index is 0.00000289. The molecule has 0 atom stereocenters. The number of hydrogen-bond acceptors (Lipinski definition) is 2. The summed E-state index contributed by atoms with van der Waals surface area (Å²) < 4.78 is 1.06. The minimum Gasteiger partial charge on any atom is -0.355 e. The van der Waals surface area contributed by atoms with Crippen LogP contribution in [0.4, 0.5) is 0 Å². The van der Waals surface area contributed by atoms with Crippen LogP contribution in [0.5, 0.6) is 0 Å². The van der Waals surface area contributed by atoms with Crippen molar-refractivity contribution in [1.82, 2.24) is 5.32 Å². The van der Waals surface area contributed by atoms with Crippen molar-refractivity contribution in [3.05, 3.63) is 34.3 Å². The van der Waals surface area contributed by atoms with Crippen LogP contribution in [0, 0.1) is 5.41 Å². The number of hydrogen-bond donors (Lipinski definition) is 2. The molecule has 102 valence electrons. The van der Waals surface area contributed by atoms with Gasteiger partial charge in [-0.1, -0.05) is 28.1 Å². The van der Waals surface area contributed by atoms with Gasteiger partial charge in [-0.3, -0.25) is 4.79 Å². The van der Waals surface area contributed by atoms with Gasteiger partial charge < -0.3 is 11.1 Å². The molecule has 1 rings (SSSR count). The van der Waals surface area contributed by atoms with Crippen LogP contribution in [0.15, 0.2) is 28.7 Å². The Bertz CT molecular complexity index is 379. The quantitative estimate of drug-likeness (QED) is 0.868. The lowest BCUT2D eigenvalue weighted by Gasteiger charge is -2.21. The summed E-state index contributed by atoms with van der Waals surface area (Å²) in [7, 11) is 0. The monoisotopic (exact) mass is 334 g/mol. The fourth-order valence-corrected chi connectivity index (χ4v) is 1.57. The highest BCUT2D eigenvalue weighted by molar-refractivity contribution is 9.10. The Kier molecular flexibility index (Phi) is 7.52. The van der Waals surface area contributed by atoms with E-state index in [1.165, 1.54) is 5.56 Å². The average Bonchev–Trinajstić information content (AvgIpc) is 2.31. The summed E-state index contributed by atoms with van der Waals surface area (Å²) in [4.78, 5) is 11.7. The Morgan fingerprint density at radius 2 is 1.89 bits per heavy atom. The van der Waals surface area contributed by atoms with Gasteiger partial charge in [0.1, 0.15) is 0 Å². The zero-order valence-corrected chi connectivity index (χ0v) is 13.1. The third-order valence-corrected chi connectivity index (χ3v) is 3.27. The normalized spacial score (nSPS) is 10.7. The van der Waals surface area contributed by atoms with Crippen molar-refractivity contribution in [3.8, 4) is 0 Å². The summed E-state index contributed by atoms with van der Waals surface area (Å²) in [5, 5.41) is 2.91. The number of nitrogens with one attached hydrogen (secondary N) is 1. The lowest BCUT2D eigenvalue weighted by atomic mass is 9.92. The maximum absolute atomic E-state index is 11.7. The standard InChI is InChI=1S/C13H19BrN2O.ClH/c1-13(2,9-15)12(17)16-8-7-10-3-5-11(14)6-4-10;/h3-6H,7-9,15H2,1-2H3,(H,16,17);1H. The summed E-state index contributed by atoms with van der Waals surface area (Å²) >= 11 is 3.39. The molecule has 0 aromatic heterocycles. The Hall–Kier alpha value is -0.580. The van der Waals surface area contributed by atoms with Crippen molar-refractivity contribution in [1.29, 1.82) is 0 Å². The second-order valence-electron chi connectivity index (χ2n) is 4.72. The summed E-state index contributed by atoms with van der Waals surface area (Å²) in [5.41, 5.74) is 6.26. The Morgan fingerprint density at radius 1 is 1.33 bits per heavy atom. The molecular formula is C13H20BrClN2O. The number of benzene rings is 1. The number of carbonyl (C=O) groups excluding carboxylic acids is 1. The smallest absolute Gasteiger partial charge is 0.226 e. The minimum atomic E-state index is -0.486. The molecule has 0 heterocycles. The molecule has 0 spiro atoms. The van der Waals surface area contributed by atoms with Gasteiger partial charge in [-0.05, 0) is 38.0 Å². The van der Waals surface area contributed by atoms with E-state index in [9.17, 15) is 4.79 Å². The van der Waals surface area contributed by atoms with Crippen molar-refractivity contribution in [2.45, 2.75) is 20.3 Å². The van der Waals surface area contributed by atoms with E-state index < -0.39 is 5.41 Å². The second-order valence-corrected chi connectivity index (χ2v) is 5.64. The van der Waals surface area contributed by atoms with Crippen molar-refractivity contribution in [2.75, 3.05) is 13.1 Å². The van der Waals surface area contributed by atoms with E-state index in [2.05, 4.69) is 21.2 Å². The van der Waals surface area contributed by atoms with Gasteiger partial charge >= 0.3 is 0 Å². The third-order valence-electron chi connectivity index (χ3n) is 2.74. The lowest BCUT2D eigenvalue weighted by molar-refractivity contribution is -0.128. The van der Waals surface area contributed by atoms with E-state index in [4.69, 9.17) is 5.73 Å². The van der Waals surface area contributed by atoms with Crippen molar-refractivity contribution in [2.24, 2.45) is 11.1 Å². The molecule has 3 nitrogen and oxygen atoms in total. The van der Waals surface area contributed by atoms with Gasteiger partial charge in [0.15, 0.2) is 0 Å². The van der Waals surface area contributed by atoms with E-state index in [-0.39, 0.29) is 18.3 Å². The van der Waals surface area contributed by atoms with Crippen LogP contribution in [0.3, 0.4) is 0 Å². The van der Waals surface area contributed by atoms with Crippen LogP contribution in [0.2, 0.25) is 0 Å². The molecule has 0 saturated carbocycles. The van der Waals surface area contributed by atoms with E-state index in [1.54, 1.807) is 0 Å². The van der Waals surface area contributed by atoms with Gasteiger partial charge in [-0.15, -0.1) is 12.4 Å². The van der Waals surface area contributed by atoms with Crippen LogP contribution in [-0.2, 0) is 11.2 Å². The highest BCUT2D eigenvalue weighted by atomic mass is 79.9. The first kappa shape index (κ1) is 17.4. The number of halogens is 2. The molecule has 0 aliphatic heterocycles. The molecule has 18 heavy (non-hydrogen) atoms. The molecule has 0 aliphatic rings. The number of nitrogens with two attached hydrogens (primary N) is 1. The SMILES string of the molecule is CC(C)(CN)C(=O)NCCc1ccc(Br)cc1.Cl.